The van der Waals surface area contributed by atoms with Gasteiger partial charge in [0.05, 0.1) is 12.8 Å². The monoisotopic (exact) mass is 352 g/mol. The minimum absolute atomic E-state index is 0. The second-order valence-electron chi connectivity index (χ2n) is 5.50. The highest BCUT2D eigenvalue weighted by Crippen LogP contribution is 2.17. The molecule has 0 saturated heterocycles. The second-order valence-corrected chi connectivity index (χ2v) is 5.50. The minimum atomic E-state index is -0.818. The summed E-state index contributed by atoms with van der Waals surface area (Å²) in [6, 6.07) is 13.2. The molecule has 2 rings (SSSR count). The molecular formula is C18H25ClN2O3. The van der Waals surface area contributed by atoms with Crippen LogP contribution in [0.1, 0.15) is 30.3 Å². The van der Waals surface area contributed by atoms with Crippen LogP contribution in [0.4, 0.5) is 0 Å². The van der Waals surface area contributed by atoms with Gasteiger partial charge in [-0.15, -0.1) is 12.4 Å². The molecule has 5 nitrogen and oxygen atoms in total. The van der Waals surface area contributed by atoms with Gasteiger partial charge < -0.3 is 19.7 Å². The molecule has 1 aromatic carbocycles. The van der Waals surface area contributed by atoms with Gasteiger partial charge in [0, 0.05) is 13.0 Å². The van der Waals surface area contributed by atoms with Crippen LogP contribution in [0.5, 0.6) is 0 Å². The number of aliphatic hydroxyl groups is 1. The fourth-order valence-electron chi connectivity index (χ4n) is 2.41. The predicted molar refractivity (Wildman–Crippen MR) is 95.9 cm³/mol. The Bertz CT molecular complexity index is 575. The van der Waals surface area contributed by atoms with Crippen LogP contribution < -0.4 is 5.32 Å². The Balaban J connectivity index is 0.00000288. The van der Waals surface area contributed by atoms with E-state index >= 15 is 0 Å². The fraction of sp³-hybridized carbons (Fsp3) is 0.389. The molecule has 1 aromatic heterocycles. The highest BCUT2D eigenvalue weighted by atomic mass is 35.5. The number of furan rings is 1. The average Bonchev–Trinajstić information content (AvgIpc) is 3.10. The van der Waals surface area contributed by atoms with E-state index in [0.29, 0.717) is 18.7 Å². The lowest BCUT2D eigenvalue weighted by Crippen LogP contribution is -2.34. The van der Waals surface area contributed by atoms with Gasteiger partial charge in [-0.1, -0.05) is 30.3 Å². The summed E-state index contributed by atoms with van der Waals surface area (Å²) in [7, 11) is 1.87. The van der Waals surface area contributed by atoms with Crippen LogP contribution in [0.2, 0.25) is 0 Å². The Morgan fingerprint density at radius 1 is 1.25 bits per heavy atom. The van der Waals surface area contributed by atoms with E-state index in [1.165, 1.54) is 6.26 Å². The van der Waals surface area contributed by atoms with E-state index in [2.05, 4.69) is 5.32 Å². The van der Waals surface area contributed by atoms with Crippen molar-refractivity contribution in [3.63, 3.8) is 0 Å². The molecule has 0 spiro atoms. The molecule has 2 aromatic rings. The van der Waals surface area contributed by atoms with Crippen LogP contribution in [0.3, 0.4) is 0 Å². The molecule has 0 saturated carbocycles. The van der Waals surface area contributed by atoms with Crippen LogP contribution in [-0.4, -0.2) is 36.1 Å². The van der Waals surface area contributed by atoms with Crippen LogP contribution >= 0.6 is 12.4 Å². The molecule has 0 aliphatic heterocycles. The lowest BCUT2D eigenvalue weighted by Gasteiger charge is -2.25. The topological polar surface area (TPSA) is 65.7 Å². The largest absolute Gasteiger partial charge is 0.467 e. The predicted octanol–water partition coefficient (Wildman–Crippen LogP) is 2.76. The Kier molecular flexibility index (Phi) is 9.15. The summed E-state index contributed by atoms with van der Waals surface area (Å²) < 4.78 is 5.23. The minimum Gasteiger partial charge on any atom is -0.467 e. The highest BCUT2D eigenvalue weighted by Gasteiger charge is 2.20. The molecule has 1 atom stereocenters. The number of hydrogen-bond acceptors (Lipinski definition) is 4. The summed E-state index contributed by atoms with van der Waals surface area (Å²) in [5.74, 6) is 0.515. The highest BCUT2D eigenvalue weighted by molar-refractivity contribution is 5.85. The van der Waals surface area contributed by atoms with E-state index in [4.69, 9.17) is 4.42 Å². The third-order valence-electron chi connectivity index (χ3n) is 3.65. The first-order chi connectivity index (χ1) is 11.2. The zero-order chi connectivity index (χ0) is 16.5. The summed E-state index contributed by atoms with van der Waals surface area (Å²) in [6.07, 6.45) is 1.94. The first-order valence-electron chi connectivity index (χ1n) is 7.88. The quantitative estimate of drug-likeness (QED) is 0.681. The Morgan fingerprint density at radius 3 is 2.62 bits per heavy atom. The molecule has 0 radical (unpaired) electrons. The van der Waals surface area contributed by atoms with Crippen molar-refractivity contribution in [3.8, 4) is 0 Å². The molecule has 0 fully saturated rings. The number of carbonyl (C=O) groups is 1. The van der Waals surface area contributed by atoms with E-state index in [9.17, 15) is 9.90 Å². The van der Waals surface area contributed by atoms with Crippen LogP contribution in [0, 0.1) is 0 Å². The molecule has 2 N–H and O–H groups in total. The summed E-state index contributed by atoms with van der Waals surface area (Å²) in [6.45, 7) is 1.50. The average molecular weight is 353 g/mol. The number of amides is 1. The van der Waals surface area contributed by atoms with Gasteiger partial charge in [0.25, 0.3) is 0 Å². The van der Waals surface area contributed by atoms with Gasteiger partial charge in [-0.05, 0) is 37.7 Å². The summed E-state index contributed by atoms with van der Waals surface area (Å²) >= 11 is 0. The lowest BCUT2D eigenvalue weighted by molar-refractivity contribution is -0.133. The molecule has 6 heteroatoms. The van der Waals surface area contributed by atoms with Crippen molar-refractivity contribution in [3.05, 3.63) is 60.1 Å². The van der Waals surface area contributed by atoms with E-state index in [-0.39, 0.29) is 24.9 Å². The van der Waals surface area contributed by atoms with Gasteiger partial charge in [0.1, 0.15) is 11.9 Å². The number of halogens is 1. The zero-order valence-electron chi connectivity index (χ0n) is 13.9. The van der Waals surface area contributed by atoms with Crippen molar-refractivity contribution in [1.82, 2.24) is 10.2 Å². The van der Waals surface area contributed by atoms with Crippen molar-refractivity contribution in [2.75, 3.05) is 20.1 Å². The third-order valence-corrected chi connectivity index (χ3v) is 3.65. The lowest BCUT2D eigenvalue weighted by atomic mass is 10.1. The first kappa shape index (κ1) is 20.2. The van der Waals surface area contributed by atoms with Crippen molar-refractivity contribution in [2.45, 2.75) is 25.5 Å². The Hall–Kier alpha value is -1.82. The van der Waals surface area contributed by atoms with Crippen molar-refractivity contribution in [1.29, 1.82) is 0 Å². The number of nitrogens with one attached hydrogen (secondary N) is 1. The van der Waals surface area contributed by atoms with E-state index in [1.807, 2.05) is 37.4 Å². The molecule has 132 valence electrons. The SMILES string of the molecule is CNCCCC(=O)N(Cc1ccccc1)CC(O)c1ccco1.Cl. The van der Waals surface area contributed by atoms with Gasteiger partial charge in [-0.3, -0.25) is 4.79 Å². The number of hydrogen-bond donors (Lipinski definition) is 2. The number of benzene rings is 1. The van der Waals surface area contributed by atoms with Crippen LogP contribution in [0.15, 0.2) is 53.1 Å². The maximum absolute atomic E-state index is 12.5. The Labute approximate surface area is 149 Å². The summed E-state index contributed by atoms with van der Waals surface area (Å²) in [4.78, 5) is 14.2. The molecule has 1 unspecified atom stereocenters. The van der Waals surface area contributed by atoms with Crippen LogP contribution in [-0.2, 0) is 11.3 Å². The van der Waals surface area contributed by atoms with Gasteiger partial charge >= 0.3 is 0 Å². The van der Waals surface area contributed by atoms with Gasteiger partial charge in [0.15, 0.2) is 0 Å². The third kappa shape index (κ3) is 6.35. The number of nitrogens with zero attached hydrogens (tertiary/aromatic N) is 1. The van der Waals surface area contributed by atoms with Crippen LogP contribution in [0.25, 0.3) is 0 Å². The number of carbonyl (C=O) groups excluding carboxylic acids is 1. The smallest absolute Gasteiger partial charge is 0.223 e. The molecule has 24 heavy (non-hydrogen) atoms. The first-order valence-corrected chi connectivity index (χ1v) is 7.88. The van der Waals surface area contributed by atoms with Gasteiger partial charge in [0.2, 0.25) is 5.91 Å². The van der Waals surface area contributed by atoms with E-state index < -0.39 is 6.10 Å². The Morgan fingerprint density at radius 2 is 2.00 bits per heavy atom. The maximum Gasteiger partial charge on any atom is 0.223 e. The van der Waals surface area contributed by atoms with Gasteiger partial charge in [-0.25, -0.2) is 0 Å². The standard InChI is InChI=1S/C18H24N2O3.ClH/c1-19-11-5-10-18(22)20(13-15-7-3-2-4-8-15)14-16(21)17-9-6-12-23-17;/h2-4,6-9,12,16,19,21H,5,10-11,13-14H2,1H3;1H. The number of aliphatic hydroxyl groups excluding tert-OH is 1. The summed E-state index contributed by atoms with van der Waals surface area (Å²) in [5, 5.41) is 13.3. The normalized spacial score (nSPS) is 11.6. The van der Waals surface area contributed by atoms with Crippen molar-refractivity contribution in [2.24, 2.45) is 0 Å². The van der Waals surface area contributed by atoms with Crippen molar-refractivity contribution >= 4 is 18.3 Å². The molecule has 0 bridgehead atoms. The molecule has 1 heterocycles. The summed E-state index contributed by atoms with van der Waals surface area (Å²) in [5.41, 5.74) is 1.04. The molecule has 0 aliphatic carbocycles. The van der Waals surface area contributed by atoms with E-state index in [0.717, 1.165) is 18.5 Å². The maximum atomic E-state index is 12.5. The van der Waals surface area contributed by atoms with Gasteiger partial charge in [-0.2, -0.15) is 0 Å². The van der Waals surface area contributed by atoms with Crippen molar-refractivity contribution < 1.29 is 14.3 Å². The number of rotatable bonds is 9. The zero-order valence-corrected chi connectivity index (χ0v) is 14.7. The molecular weight excluding hydrogens is 328 g/mol. The molecule has 0 aliphatic rings. The molecule has 1 amide bonds. The van der Waals surface area contributed by atoms with E-state index in [1.54, 1.807) is 17.0 Å². The second kappa shape index (κ2) is 10.9. The fourth-order valence-corrected chi connectivity index (χ4v) is 2.41.